The second-order valence-electron chi connectivity index (χ2n) is 6.37. The van der Waals surface area contributed by atoms with Crippen LogP contribution < -0.4 is 5.32 Å². The Bertz CT molecular complexity index is 581. The van der Waals surface area contributed by atoms with E-state index in [1.165, 1.54) is 0 Å². The molecule has 1 aromatic rings. The number of aromatic carboxylic acids is 1. The van der Waals surface area contributed by atoms with Crippen LogP contribution in [0.4, 0.5) is 0 Å². The molecule has 1 saturated heterocycles. The smallest absolute Gasteiger partial charge is 0.335 e. The van der Waals surface area contributed by atoms with Crippen molar-refractivity contribution in [1.82, 2.24) is 5.32 Å². The molecule has 3 N–H and O–H groups in total. The number of hydrogen-bond acceptors (Lipinski definition) is 4. The molecule has 0 aromatic heterocycles. The predicted octanol–water partition coefficient (Wildman–Crippen LogP) is 2.35. The fourth-order valence-electron chi connectivity index (χ4n) is 2.80. The summed E-state index contributed by atoms with van der Waals surface area (Å²) in [6, 6.07) is 6.94. The average molecular weight is 355 g/mol. The lowest BCUT2D eigenvalue weighted by Gasteiger charge is -2.31. The molecular formula is C17H26NO5P. The van der Waals surface area contributed by atoms with Crippen molar-refractivity contribution < 1.29 is 24.1 Å². The number of rotatable bonds is 8. The van der Waals surface area contributed by atoms with Crippen molar-refractivity contribution in [2.45, 2.75) is 38.3 Å². The second-order valence-corrected chi connectivity index (χ2v) is 8.88. The lowest BCUT2D eigenvalue weighted by atomic mass is 10.0. The minimum Gasteiger partial charge on any atom is -0.478 e. The fourth-order valence-corrected chi connectivity index (χ4v) is 4.66. The second kappa shape index (κ2) is 8.77. The molecule has 7 heteroatoms. The number of carboxylic acids is 1. The molecule has 0 aliphatic carbocycles. The summed E-state index contributed by atoms with van der Waals surface area (Å²) in [7, 11) is -3.10. The van der Waals surface area contributed by atoms with Crippen LogP contribution in [0.1, 0.15) is 35.7 Å². The van der Waals surface area contributed by atoms with Crippen molar-refractivity contribution in [2.24, 2.45) is 0 Å². The van der Waals surface area contributed by atoms with Gasteiger partial charge in [-0.25, -0.2) is 4.79 Å². The molecule has 1 aliphatic heterocycles. The van der Waals surface area contributed by atoms with E-state index in [9.17, 15) is 14.3 Å². The molecule has 0 radical (unpaired) electrons. The summed E-state index contributed by atoms with van der Waals surface area (Å²) in [6.45, 7) is 3.06. The Morgan fingerprint density at radius 2 is 2.08 bits per heavy atom. The Balaban J connectivity index is 1.78. The van der Waals surface area contributed by atoms with Gasteiger partial charge in [0.05, 0.1) is 24.4 Å². The third kappa shape index (κ3) is 6.02. The quantitative estimate of drug-likeness (QED) is 0.620. The summed E-state index contributed by atoms with van der Waals surface area (Å²) in [5.74, 6) is -0.931. The zero-order valence-corrected chi connectivity index (χ0v) is 14.9. The van der Waals surface area contributed by atoms with Crippen molar-refractivity contribution in [1.29, 1.82) is 0 Å². The van der Waals surface area contributed by atoms with Crippen LogP contribution >= 0.6 is 7.37 Å². The number of ether oxygens (including phenoxy) is 1. The zero-order chi connectivity index (χ0) is 17.6. The molecule has 3 atom stereocenters. The van der Waals surface area contributed by atoms with Crippen LogP contribution in [-0.2, 0) is 15.7 Å². The molecular weight excluding hydrogens is 329 g/mol. The molecule has 1 fully saturated rings. The van der Waals surface area contributed by atoms with E-state index >= 15 is 0 Å². The summed E-state index contributed by atoms with van der Waals surface area (Å²) in [5.41, 5.74) is 1.31. The van der Waals surface area contributed by atoms with Gasteiger partial charge in [0.1, 0.15) is 0 Å². The van der Waals surface area contributed by atoms with Crippen LogP contribution in [0.2, 0.25) is 0 Å². The van der Waals surface area contributed by atoms with Crippen LogP contribution in [0.3, 0.4) is 0 Å². The third-order valence-corrected chi connectivity index (χ3v) is 6.19. The lowest BCUT2D eigenvalue weighted by molar-refractivity contribution is 0.0163. The predicted molar refractivity (Wildman–Crippen MR) is 93.1 cm³/mol. The Morgan fingerprint density at radius 3 is 2.62 bits per heavy atom. The van der Waals surface area contributed by atoms with Crippen molar-refractivity contribution in [2.75, 3.05) is 25.5 Å². The maximum absolute atomic E-state index is 12.1. The van der Waals surface area contributed by atoms with Crippen LogP contribution in [0.15, 0.2) is 24.3 Å². The maximum Gasteiger partial charge on any atom is 0.335 e. The molecule has 1 aromatic carbocycles. The largest absolute Gasteiger partial charge is 0.478 e. The number of unbranched alkanes of at least 4 members (excludes halogenated alkanes) is 1. The molecule has 0 saturated carbocycles. The minimum atomic E-state index is -3.10. The van der Waals surface area contributed by atoms with Crippen LogP contribution in [0.5, 0.6) is 0 Å². The van der Waals surface area contributed by atoms with Crippen LogP contribution in [0, 0.1) is 0 Å². The Kier molecular flexibility index (Phi) is 6.99. The topological polar surface area (TPSA) is 95.9 Å². The first-order valence-electron chi connectivity index (χ1n) is 8.37. The van der Waals surface area contributed by atoms with E-state index in [4.69, 9.17) is 9.84 Å². The summed E-state index contributed by atoms with van der Waals surface area (Å²) in [5, 5.41) is 12.3. The van der Waals surface area contributed by atoms with E-state index in [2.05, 4.69) is 5.32 Å². The van der Waals surface area contributed by atoms with Gasteiger partial charge in [-0.3, -0.25) is 4.57 Å². The summed E-state index contributed by atoms with van der Waals surface area (Å²) >= 11 is 0. The van der Waals surface area contributed by atoms with Gasteiger partial charge in [-0.15, -0.1) is 0 Å². The Hall–Kier alpha value is -1.20. The van der Waals surface area contributed by atoms with E-state index in [-0.39, 0.29) is 23.9 Å². The number of carbonyl (C=O) groups is 1. The highest BCUT2D eigenvalue weighted by Crippen LogP contribution is 2.42. The number of morpholine rings is 1. The maximum atomic E-state index is 12.1. The minimum absolute atomic E-state index is 0.130. The summed E-state index contributed by atoms with van der Waals surface area (Å²) in [4.78, 5) is 20.8. The van der Waals surface area contributed by atoms with Crippen molar-refractivity contribution in [3.8, 4) is 0 Å². The van der Waals surface area contributed by atoms with Gasteiger partial charge in [-0.2, -0.15) is 0 Å². The van der Waals surface area contributed by atoms with E-state index in [0.29, 0.717) is 19.3 Å². The van der Waals surface area contributed by atoms with Gasteiger partial charge in [-0.05, 0) is 30.5 Å². The molecule has 6 nitrogen and oxygen atoms in total. The number of hydrogen-bond donors (Lipinski definition) is 3. The first kappa shape index (κ1) is 19.1. The van der Waals surface area contributed by atoms with E-state index in [1.54, 1.807) is 12.1 Å². The standard InChI is InChI=1S/C17H26NO5P/c1-2-3-8-24(21,22)12-16-10-18-15(11-23-16)9-13-4-6-14(7-5-13)17(19)20/h4-7,15-16,18H,2-3,8-12H2,1H3,(H,19,20)(H,21,22)/t15-,16+/m1/s1. The van der Waals surface area contributed by atoms with E-state index < -0.39 is 13.3 Å². The van der Waals surface area contributed by atoms with Crippen molar-refractivity contribution in [3.63, 3.8) is 0 Å². The van der Waals surface area contributed by atoms with Crippen molar-refractivity contribution >= 4 is 13.3 Å². The number of nitrogens with one attached hydrogen (secondary N) is 1. The van der Waals surface area contributed by atoms with Gasteiger partial charge in [0.2, 0.25) is 7.37 Å². The lowest BCUT2D eigenvalue weighted by Crippen LogP contribution is -2.48. The van der Waals surface area contributed by atoms with Gasteiger partial charge in [-0.1, -0.05) is 25.5 Å². The molecule has 1 aliphatic rings. The fraction of sp³-hybridized carbons (Fsp3) is 0.588. The normalized spacial score (nSPS) is 23.6. The Labute approximate surface area is 142 Å². The molecule has 24 heavy (non-hydrogen) atoms. The van der Waals surface area contributed by atoms with E-state index in [0.717, 1.165) is 24.8 Å². The van der Waals surface area contributed by atoms with Gasteiger partial charge in [0.25, 0.3) is 0 Å². The number of carboxylic acid groups (broad SMARTS) is 1. The van der Waals surface area contributed by atoms with Gasteiger partial charge in [0, 0.05) is 18.7 Å². The van der Waals surface area contributed by atoms with Crippen molar-refractivity contribution in [3.05, 3.63) is 35.4 Å². The highest BCUT2D eigenvalue weighted by molar-refractivity contribution is 7.58. The average Bonchev–Trinajstić information content (AvgIpc) is 2.55. The van der Waals surface area contributed by atoms with Gasteiger partial charge in [0.15, 0.2) is 0 Å². The molecule has 1 heterocycles. The first-order valence-corrected chi connectivity index (χ1v) is 10.4. The third-order valence-electron chi connectivity index (χ3n) is 4.20. The summed E-state index contributed by atoms with van der Waals surface area (Å²) in [6.07, 6.45) is 2.77. The van der Waals surface area contributed by atoms with Crippen LogP contribution in [0.25, 0.3) is 0 Å². The molecule has 1 unspecified atom stereocenters. The van der Waals surface area contributed by atoms with E-state index in [1.807, 2.05) is 19.1 Å². The molecule has 2 rings (SSSR count). The number of benzene rings is 1. The molecule has 134 valence electrons. The molecule has 0 bridgehead atoms. The first-order chi connectivity index (χ1) is 11.4. The highest BCUT2D eigenvalue weighted by Gasteiger charge is 2.28. The zero-order valence-electron chi connectivity index (χ0n) is 14.0. The molecule has 0 amide bonds. The van der Waals surface area contributed by atoms with Crippen LogP contribution in [-0.4, -0.2) is 53.6 Å². The monoisotopic (exact) mass is 355 g/mol. The summed E-state index contributed by atoms with van der Waals surface area (Å²) < 4.78 is 17.9. The Morgan fingerprint density at radius 1 is 1.38 bits per heavy atom. The molecule has 0 spiro atoms. The SMILES string of the molecule is CCCCP(=O)(O)C[C@@H]1CN[C@H](Cc2ccc(C(=O)O)cc2)CO1. The van der Waals surface area contributed by atoms with Gasteiger partial charge >= 0.3 is 5.97 Å². The highest BCUT2D eigenvalue weighted by atomic mass is 31.2. The van der Waals surface area contributed by atoms with Gasteiger partial charge < -0.3 is 20.1 Å².